The van der Waals surface area contributed by atoms with Gasteiger partial charge in [-0.15, -0.1) is 0 Å². The van der Waals surface area contributed by atoms with Crippen molar-refractivity contribution in [3.05, 3.63) is 59.2 Å². The molecule has 2 rings (SSSR count). The first-order chi connectivity index (χ1) is 8.69. The van der Waals surface area contributed by atoms with Crippen molar-refractivity contribution in [1.82, 2.24) is 0 Å². The highest BCUT2D eigenvalue weighted by molar-refractivity contribution is 5.58. The molecular formula is C15H15N3. The summed E-state index contributed by atoms with van der Waals surface area (Å²) in [7, 11) is 0. The first-order valence-electron chi connectivity index (χ1n) is 5.78. The quantitative estimate of drug-likeness (QED) is 0.806. The van der Waals surface area contributed by atoms with Crippen LogP contribution in [0.3, 0.4) is 0 Å². The second-order valence-electron chi connectivity index (χ2n) is 4.24. The van der Waals surface area contributed by atoms with E-state index in [0.717, 1.165) is 22.5 Å². The number of nitrogen functional groups attached to an aromatic ring is 1. The molecule has 0 aliphatic rings. The van der Waals surface area contributed by atoms with Crippen LogP contribution in [0.15, 0.2) is 42.5 Å². The number of nitrogens with zero attached hydrogens (tertiary/aromatic N) is 1. The lowest BCUT2D eigenvalue weighted by atomic mass is 10.1. The van der Waals surface area contributed by atoms with Crippen LogP contribution in [0.4, 0.5) is 11.4 Å². The number of nitrogens with one attached hydrogen (secondary N) is 1. The van der Waals surface area contributed by atoms with Crippen molar-refractivity contribution < 1.29 is 0 Å². The van der Waals surface area contributed by atoms with Crippen LogP contribution >= 0.6 is 0 Å². The summed E-state index contributed by atoms with van der Waals surface area (Å²) in [6.07, 6.45) is 0. The lowest BCUT2D eigenvalue weighted by molar-refractivity contribution is 1.15. The molecule has 0 aromatic heterocycles. The lowest BCUT2D eigenvalue weighted by Gasteiger charge is -2.08. The summed E-state index contributed by atoms with van der Waals surface area (Å²) in [6, 6.07) is 15.6. The topological polar surface area (TPSA) is 61.8 Å². The number of benzene rings is 2. The van der Waals surface area contributed by atoms with E-state index < -0.39 is 0 Å². The molecule has 0 unspecified atom stereocenters. The summed E-state index contributed by atoms with van der Waals surface area (Å²) >= 11 is 0. The SMILES string of the molecule is Cc1ccc(NCc2cccc(C#N)c2)cc1N. The highest BCUT2D eigenvalue weighted by Crippen LogP contribution is 2.17. The zero-order valence-corrected chi connectivity index (χ0v) is 10.3. The second kappa shape index (κ2) is 5.24. The maximum Gasteiger partial charge on any atom is 0.0991 e. The molecule has 0 aliphatic heterocycles. The average molecular weight is 237 g/mol. The zero-order chi connectivity index (χ0) is 13.0. The van der Waals surface area contributed by atoms with E-state index in [4.69, 9.17) is 11.0 Å². The fraction of sp³-hybridized carbons (Fsp3) is 0.133. The van der Waals surface area contributed by atoms with Crippen LogP contribution in [-0.4, -0.2) is 0 Å². The van der Waals surface area contributed by atoms with E-state index in [0.29, 0.717) is 12.1 Å². The van der Waals surface area contributed by atoms with Gasteiger partial charge in [0.05, 0.1) is 11.6 Å². The Bertz CT molecular complexity index is 597. The Labute approximate surface area is 107 Å². The van der Waals surface area contributed by atoms with Gasteiger partial charge in [0.2, 0.25) is 0 Å². The molecule has 0 fully saturated rings. The molecule has 0 saturated heterocycles. The third-order valence-electron chi connectivity index (χ3n) is 2.83. The van der Waals surface area contributed by atoms with Gasteiger partial charge in [-0.25, -0.2) is 0 Å². The summed E-state index contributed by atoms with van der Waals surface area (Å²) in [5.74, 6) is 0. The maximum absolute atomic E-state index is 8.83. The van der Waals surface area contributed by atoms with E-state index in [2.05, 4.69) is 11.4 Å². The monoisotopic (exact) mass is 237 g/mol. The molecule has 2 aromatic rings. The molecule has 0 saturated carbocycles. The highest BCUT2D eigenvalue weighted by Gasteiger charge is 1.98. The van der Waals surface area contributed by atoms with Crippen molar-refractivity contribution >= 4 is 11.4 Å². The number of aryl methyl sites for hydroxylation is 1. The first kappa shape index (κ1) is 12.0. The molecule has 0 atom stereocenters. The molecule has 3 heteroatoms. The predicted octanol–water partition coefficient (Wildman–Crippen LogP) is 3.06. The first-order valence-corrected chi connectivity index (χ1v) is 5.78. The van der Waals surface area contributed by atoms with E-state index in [-0.39, 0.29) is 0 Å². The van der Waals surface area contributed by atoms with E-state index in [1.807, 2.05) is 43.3 Å². The largest absolute Gasteiger partial charge is 0.398 e. The van der Waals surface area contributed by atoms with Gasteiger partial charge in [-0.3, -0.25) is 0 Å². The van der Waals surface area contributed by atoms with Gasteiger partial charge in [-0.1, -0.05) is 18.2 Å². The van der Waals surface area contributed by atoms with Gasteiger partial charge in [-0.2, -0.15) is 5.26 Å². The van der Waals surface area contributed by atoms with Crippen LogP contribution in [-0.2, 0) is 6.54 Å². The van der Waals surface area contributed by atoms with Crippen LogP contribution in [0, 0.1) is 18.3 Å². The molecular weight excluding hydrogens is 222 g/mol. The summed E-state index contributed by atoms with van der Waals surface area (Å²) in [5.41, 5.74) is 10.5. The molecule has 3 nitrogen and oxygen atoms in total. The van der Waals surface area contributed by atoms with Crippen LogP contribution in [0.2, 0.25) is 0 Å². The fourth-order valence-corrected chi connectivity index (χ4v) is 1.71. The van der Waals surface area contributed by atoms with Gasteiger partial charge in [0.25, 0.3) is 0 Å². The Morgan fingerprint density at radius 3 is 2.78 bits per heavy atom. The van der Waals surface area contributed by atoms with Crippen LogP contribution in [0.25, 0.3) is 0 Å². The number of nitrogens with two attached hydrogens (primary N) is 1. The molecule has 90 valence electrons. The number of hydrogen-bond donors (Lipinski definition) is 2. The fourth-order valence-electron chi connectivity index (χ4n) is 1.71. The van der Waals surface area contributed by atoms with E-state index >= 15 is 0 Å². The standard InChI is InChI=1S/C15H15N3/c1-11-5-6-14(8-15(11)17)18-10-13-4-2-3-12(7-13)9-16/h2-8,18H,10,17H2,1H3. The van der Waals surface area contributed by atoms with Crippen LogP contribution in [0.5, 0.6) is 0 Å². The molecule has 0 spiro atoms. The second-order valence-corrected chi connectivity index (χ2v) is 4.24. The summed E-state index contributed by atoms with van der Waals surface area (Å²) in [6.45, 7) is 2.66. The minimum absolute atomic E-state index is 0.678. The maximum atomic E-state index is 8.83. The summed E-state index contributed by atoms with van der Waals surface area (Å²) < 4.78 is 0. The average Bonchev–Trinajstić information content (AvgIpc) is 2.40. The molecule has 18 heavy (non-hydrogen) atoms. The lowest BCUT2D eigenvalue weighted by Crippen LogP contribution is -2.00. The number of rotatable bonds is 3. The Morgan fingerprint density at radius 1 is 1.22 bits per heavy atom. The van der Waals surface area contributed by atoms with E-state index in [9.17, 15) is 0 Å². The molecule has 0 amide bonds. The Morgan fingerprint density at radius 2 is 2.06 bits per heavy atom. The van der Waals surface area contributed by atoms with Gasteiger partial charge in [0.15, 0.2) is 0 Å². The zero-order valence-electron chi connectivity index (χ0n) is 10.3. The third kappa shape index (κ3) is 2.80. The van der Waals surface area contributed by atoms with E-state index in [1.165, 1.54) is 0 Å². The summed E-state index contributed by atoms with van der Waals surface area (Å²) in [4.78, 5) is 0. The Hall–Kier alpha value is -2.47. The Balaban J connectivity index is 2.07. The van der Waals surface area contributed by atoms with Crippen molar-refractivity contribution in [2.45, 2.75) is 13.5 Å². The molecule has 2 aromatic carbocycles. The minimum atomic E-state index is 0.678. The van der Waals surface area contributed by atoms with E-state index in [1.54, 1.807) is 6.07 Å². The number of nitriles is 1. The van der Waals surface area contributed by atoms with Gasteiger partial charge in [0, 0.05) is 17.9 Å². The van der Waals surface area contributed by atoms with Crippen molar-refractivity contribution in [3.63, 3.8) is 0 Å². The van der Waals surface area contributed by atoms with Gasteiger partial charge in [0.1, 0.15) is 0 Å². The molecule has 0 heterocycles. The third-order valence-corrected chi connectivity index (χ3v) is 2.83. The van der Waals surface area contributed by atoms with Gasteiger partial charge < -0.3 is 11.1 Å². The smallest absolute Gasteiger partial charge is 0.0991 e. The predicted molar refractivity (Wildman–Crippen MR) is 74.1 cm³/mol. The molecule has 0 radical (unpaired) electrons. The molecule has 0 aliphatic carbocycles. The molecule has 3 N–H and O–H groups in total. The van der Waals surface area contributed by atoms with Gasteiger partial charge in [-0.05, 0) is 42.3 Å². The number of hydrogen-bond acceptors (Lipinski definition) is 3. The van der Waals surface area contributed by atoms with Crippen molar-refractivity contribution in [2.24, 2.45) is 0 Å². The van der Waals surface area contributed by atoms with Crippen LogP contribution < -0.4 is 11.1 Å². The minimum Gasteiger partial charge on any atom is -0.398 e. The Kier molecular flexibility index (Phi) is 3.49. The van der Waals surface area contributed by atoms with Crippen molar-refractivity contribution in [3.8, 4) is 6.07 Å². The van der Waals surface area contributed by atoms with Crippen molar-refractivity contribution in [1.29, 1.82) is 5.26 Å². The molecule has 0 bridgehead atoms. The van der Waals surface area contributed by atoms with Crippen LogP contribution in [0.1, 0.15) is 16.7 Å². The summed E-state index contributed by atoms with van der Waals surface area (Å²) in [5, 5.41) is 12.1. The van der Waals surface area contributed by atoms with Gasteiger partial charge >= 0.3 is 0 Å². The number of anilines is 2. The normalized spacial score (nSPS) is 9.78. The van der Waals surface area contributed by atoms with Crippen molar-refractivity contribution in [2.75, 3.05) is 11.1 Å². The highest BCUT2D eigenvalue weighted by atomic mass is 14.9.